The Morgan fingerprint density at radius 3 is 2.69 bits per heavy atom. The molecule has 1 aliphatic rings. The second-order valence-electron chi connectivity index (χ2n) is 8.35. The molecule has 3 N–H and O–H groups in total. The molecule has 1 amide bonds. The molecule has 4 rings (SSSR count). The van der Waals surface area contributed by atoms with Crippen molar-refractivity contribution in [3.8, 4) is 5.75 Å². The standard InChI is InChI=1S/C23H24ClN3O5/c1-23(2)9-7-14-11(8-10-32-14)21(23)26-17-16(19(29)20(17)30)25-13-6-5-12(24)15(18(13)28)22(31)27(3)4/h5-6,8,10,21,25-26,28H,7,9H2,1-4H3/i1D3. The van der Waals surface area contributed by atoms with Crippen LogP contribution in [0.1, 0.15) is 52.0 Å². The molecule has 9 heteroatoms. The zero-order valence-corrected chi connectivity index (χ0v) is 18.5. The van der Waals surface area contributed by atoms with Gasteiger partial charge >= 0.3 is 0 Å². The molecule has 32 heavy (non-hydrogen) atoms. The van der Waals surface area contributed by atoms with Crippen LogP contribution in [0, 0.1) is 5.41 Å². The summed E-state index contributed by atoms with van der Waals surface area (Å²) in [6.07, 6.45) is 2.16. The van der Waals surface area contributed by atoms with E-state index in [4.69, 9.17) is 20.1 Å². The van der Waals surface area contributed by atoms with Crippen molar-refractivity contribution in [2.45, 2.75) is 32.7 Å². The lowest BCUT2D eigenvalue weighted by atomic mass is 9.72. The fraction of sp³-hybridized carbons (Fsp3) is 0.348. The molecule has 0 saturated heterocycles. The van der Waals surface area contributed by atoms with Crippen LogP contribution in [-0.4, -0.2) is 30.0 Å². The SMILES string of the molecule is [2H]C([2H])([2H])C1(C)CCc2occc2C1Nc1c(Nc2ccc(Cl)c(C(=O)N(C)C)c2O)c(=O)c1=O. The van der Waals surface area contributed by atoms with Gasteiger partial charge in [0.15, 0.2) is 5.75 Å². The van der Waals surface area contributed by atoms with Gasteiger partial charge in [0.05, 0.1) is 23.0 Å². The van der Waals surface area contributed by atoms with Crippen LogP contribution in [0.3, 0.4) is 0 Å². The maximum atomic E-state index is 12.5. The molecule has 1 aromatic heterocycles. The fourth-order valence-electron chi connectivity index (χ4n) is 3.93. The number of phenols is 1. The average Bonchev–Trinajstić information content (AvgIpc) is 3.26. The van der Waals surface area contributed by atoms with E-state index in [0.29, 0.717) is 17.7 Å². The first-order valence-electron chi connectivity index (χ1n) is 11.4. The molecule has 0 bridgehead atoms. The molecule has 0 radical (unpaired) electrons. The summed E-state index contributed by atoms with van der Waals surface area (Å²) in [5, 5.41) is 16.4. The quantitative estimate of drug-likeness (QED) is 0.392. The highest BCUT2D eigenvalue weighted by Crippen LogP contribution is 2.46. The minimum Gasteiger partial charge on any atom is -0.505 e. The van der Waals surface area contributed by atoms with Crippen molar-refractivity contribution in [1.82, 2.24) is 4.90 Å². The summed E-state index contributed by atoms with van der Waals surface area (Å²) in [5.74, 6) is -0.431. The molecule has 1 aliphatic carbocycles. The predicted octanol–water partition coefficient (Wildman–Crippen LogP) is 3.81. The molecule has 0 aliphatic heterocycles. The van der Waals surface area contributed by atoms with E-state index in [9.17, 15) is 19.5 Å². The number of hydrogen-bond acceptors (Lipinski definition) is 7. The molecule has 0 saturated carbocycles. The van der Waals surface area contributed by atoms with Gasteiger partial charge in [-0.05, 0) is 30.0 Å². The summed E-state index contributed by atoms with van der Waals surface area (Å²) in [6.45, 7) is -0.767. The number of furan rings is 1. The van der Waals surface area contributed by atoms with E-state index in [1.165, 1.54) is 37.4 Å². The van der Waals surface area contributed by atoms with Gasteiger partial charge in [-0.1, -0.05) is 25.4 Å². The van der Waals surface area contributed by atoms with E-state index in [1.54, 1.807) is 13.0 Å². The number of nitrogens with one attached hydrogen (secondary N) is 2. The number of aromatic hydroxyl groups is 1. The van der Waals surface area contributed by atoms with Crippen LogP contribution in [0.4, 0.5) is 17.1 Å². The largest absolute Gasteiger partial charge is 0.505 e. The fourth-order valence-corrected chi connectivity index (χ4v) is 4.16. The number of fused-ring (bicyclic) bond motifs is 1. The van der Waals surface area contributed by atoms with Gasteiger partial charge in [0.1, 0.15) is 22.7 Å². The van der Waals surface area contributed by atoms with Crippen molar-refractivity contribution in [1.29, 1.82) is 0 Å². The van der Waals surface area contributed by atoms with Gasteiger partial charge in [0.2, 0.25) is 0 Å². The van der Waals surface area contributed by atoms with Crippen molar-refractivity contribution in [3.63, 3.8) is 0 Å². The van der Waals surface area contributed by atoms with Gasteiger partial charge in [0.25, 0.3) is 16.8 Å². The summed E-state index contributed by atoms with van der Waals surface area (Å²) in [6, 6.07) is 3.56. The number of amides is 1. The Hall–Kier alpha value is -3.26. The van der Waals surface area contributed by atoms with Gasteiger partial charge in [-0.3, -0.25) is 14.4 Å². The van der Waals surface area contributed by atoms with Gasteiger partial charge in [0, 0.05) is 30.2 Å². The van der Waals surface area contributed by atoms with Crippen LogP contribution in [0.5, 0.6) is 5.75 Å². The summed E-state index contributed by atoms with van der Waals surface area (Å²) in [5.41, 5.74) is -2.77. The number of benzene rings is 1. The average molecular weight is 461 g/mol. The Bertz CT molecular complexity index is 1390. The maximum Gasteiger partial charge on any atom is 0.258 e. The van der Waals surface area contributed by atoms with Crippen LogP contribution >= 0.6 is 11.6 Å². The Kier molecular flexibility index (Phi) is 4.41. The zero-order valence-electron chi connectivity index (χ0n) is 20.7. The number of halogens is 1. The molecule has 2 atom stereocenters. The zero-order chi connectivity index (χ0) is 25.9. The Morgan fingerprint density at radius 1 is 1.28 bits per heavy atom. The molecular formula is C23H24ClN3O5. The Morgan fingerprint density at radius 2 is 2.00 bits per heavy atom. The number of carbonyl (C=O) groups is 1. The van der Waals surface area contributed by atoms with E-state index in [2.05, 4.69) is 10.6 Å². The van der Waals surface area contributed by atoms with E-state index >= 15 is 0 Å². The van der Waals surface area contributed by atoms with Crippen LogP contribution < -0.4 is 21.5 Å². The lowest BCUT2D eigenvalue weighted by Crippen LogP contribution is -2.41. The topological polar surface area (TPSA) is 112 Å². The highest BCUT2D eigenvalue weighted by atomic mass is 35.5. The van der Waals surface area contributed by atoms with Gasteiger partial charge in [-0.25, -0.2) is 0 Å². The number of nitrogens with zero attached hydrogens (tertiary/aromatic N) is 1. The first-order chi connectivity index (χ1) is 16.3. The number of anilines is 3. The molecule has 3 aromatic rings. The van der Waals surface area contributed by atoms with E-state index in [1.807, 2.05) is 0 Å². The third-order valence-electron chi connectivity index (χ3n) is 5.81. The Balaban J connectivity index is 1.74. The van der Waals surface area contributed by atoms with Crippen LogP contribution in [0.25, 0.3) is 0 Å². The number of aryl methyl sites for hydroxylation is 1. The van der Waals surface area contributed by atoms with E-state index in [0.717, 1.165) is 0 Å². The molecule has 168 valence electrons. The monoisotopic (exact) mass is 460 g/mol. The second-order valence-corrected chi connectivity index (χ2v) is 8.75. The van der Waals surface area contributed by atoms with Gasteiger partial charge in [-0.15, -0.1) is 0 Å². The Labute approximate surface area is 193 Å². The van der Waals surface area contributed by atoms with Crippen LogP contribution in [0.15, 0.2) is 38.5 Å². The lowest BCUT2D eigenvalue weighted by molar-refractivity contribution is 0.0825. The normalized spacial score (nSPS) is 21.9. The molecule has 2 unspecified atom stereocenters. The first kappa shape index (κ1) is 18.3. The summed E-state index contributed by atoms with van der Waals surface area (Å²) >= 11 is 6.10. The predicted molar refractivity (Wildman–Crippen MR) is 123 cm³/mol. The summed E-state index contributed by atoms with van der Waals surface area (Å²) in [4.78, 5) is 38.7. The highest BCUT2D eigenvalue weighted by Gasteiger charge is 2.39. The van der Waals surface area contributed by atoms with Crippen molar-refractivity contribution in [3.05, 3.63) is 66.8 Å². The summed E-state index contributed by atoms with van der Waals surface area (Å²) < 4.78 is 29.9. The van der Waals surface area contributed by atoms with Gasteiger partial charge in [-0.2, -0.15) is 0 Å². The third kappa shape index (κ3) is 3.44. The minimum absolute atomic E-state index is 0.0122. The number of hydrogen-bond donors (Lipinski definition) is 3. The van der Waals surface area contributed by atoms with Crippen molar-refractivity contribution in [2.24, 2.45) is 5.41 Å². The van der Waals surface area contributed by atoms with Crippen molar-refractivity contribution in [2.75, 3.05) is 24.7 Å². The number of carbonyl (C=O) groups excluding carboxylic acids is 1. The van der Waals surface area contributed by atoms with Crippen LogP contribution in [-0.2, 0) is 6.42 Å². The molecule has 1 heterocycles. The summed E-state index contributed by atoms with van der Waals surface area (Å²) in [7, 11) is 2.99. The van der Waals surface area contributed by atoms with Crippen molar-refractivity contribution < 1.29 is 18.4 Å². The molecule has 2 aromatic carbocycles. The minimum atomic E-state index is -2.37. The van der Waals surface area contributed by atoms with Crippen molar-refractivity contribution >= 4 is 34.6 Å². The lowest BCUT2D eigenvalue weighted by Gasteiger charge is -2.39. The number of rotatable bonds is 5. The maximum absolute atomic E-state index is 12.5. The molecule has 8 nitrogen and oxygen atoms in total. The molecular weight excluding hydrogens is 434 g/mol. The molecule has 0 fully saturated rings. The second kappa shape index (κ2) is 7.70. The van der Waals surface area contributed by atoms with Crippen LogP contribution in [0.2, 0.25) is 5.02 Å². The highest BCUT2D eigenvalue weighted by molar-refractivity contribution is 6.34. The smallest absolute Gasteiger partial charge is 0.258 e. The van der Waals surface area contributed by atoms with E-state index < -0.39 is 40.8 Å². The third-order valence-corrected chi connectivity index (χ3v) is 6.12. The van der Waals surface area contributed by atoms with E-state index in [-0.39, 0.29) is 34.1 Å². The first-order valence-corrected chi connectivity index (χ1v) is 10.3. The van der Waals surface area contributed by atoms with Gasteiger partial charge < -0.3 is 25.1 Å². The number of phenolic OH excluding ortho intramolecular Hbond substituents is 1. The molecule has 0 spiro atoms.